The minimum Gasteiger partial charge on any atom is -0.432 e. The molecule has 8 heteroatoms. The molecular formula is C16H10BrF3N2O2. The number of ether oxygens (including phenoxy) is 1. The highest BCUT2D eigenvalue weighted by atomic mass is 79.9. The highest BCUT2D eigenvalue weighted by Gasteiger charge is 2.14. The number of benzene rings is 2. The number of nitrogens with one attached hydrogen (secondary N) is 1. The number of alkyl halides is 2. The van der Waals surface area contributed by atoms with Crippen LogP contribution in [0.5, 0.6) is 5.75 Å². The topological polar surface area (TPSA) is 62.1 Å². The van der Waals surface area contributed by atoms with Crippen LogP contribution < -0.4 is 10.1 Å². The van der Waals surface area contributed by atoms with Gasteiger partial charge in [-0.25, -0.2) is 4.39 Å². The molecule has 0 aliphatic heterocycles. The third-order valence-electron chi connectivity index (χ3n) is 3.02. The van der Waals surface area contributed by atoms with Crippen LogP contribution in [0.25, 0.3) is 0 Å². The zero-order valence-corrected chi connectivity index (χ0v) is 13.6. The smallest absolute Gasteiger partial charge is 0.387 e. The standard InChI is InChI=1S/C16H10BrF3N2O2/c17-12-3-1-9(7-21)5-11(12)8-22-15(23)10-2-4-14(13(18)6-10)24-16(19)20/h1-6,16H,8H2,(H,22,23). The lowest BCUT2D eigenvalue weighted by atomic mass is 10.1. The molecule has 0 saturated heterocycles. The van der Waals surface area contributed by atoms with Crippen molar-refractivity contribution in [3.63, 3.8) is 0 Å². The summed E-state index contributed by atoms with van der Waals surface area (Å²) < 4.78 is 42.4. The van der Waals surface area contributed by atoms with E-state index < -0.39 is 24.1 Å². The molecule has 0 fully saturated rings. The van der Waals surface area contributed by atoms with Crippen molar-refractivity contribution in [1.82, 2.24) is 5.32 Å². The molecule has 0 radical (unpaired) electrons. The lowest BCUT2D eigenvalue weighted by molar-refractivity contribution is -0.0521. The second-order valence-corrected chi connectivity index (χ2v) is 5.48. The maximum atomic E-state index is 13.6. The van der Waals surface area contributed by atoms with E-state index in [1.165, 1.54) is 6.07 Å². The molecule has 24 heavy (non-hydrogen) atoms. The highest BCUT2D eigenvalue weighted by molar-refractivity contribution is 9.10. The predicted octanol–water partition coefficient (Wildman–Crippen LogP) is 3.99. The van der Waals surface area contributed by atoms with Crippen molar-refractivity contribution < 1.29 is 22.7 Å². The Balaban J connectivity index is 2.08. The normalized spacial score (nSPS) is 10.3. The minimum atomic E-state index is -3.15. The van der Waals surface area contributed by atoms with E-state index in [0.717, 1.165) is 12.1 Å². The van der Waals surface area contributed by atoms with Gasteiger partial charge in [0.2, 0.25) is 0 Å². The number of nitrogens with zero attached hydrogens (tertiary/aromatic N) is 1. The third-order valence-corrected chi connectivity index (χ3v) is 3.80. The Hall–Kier alpha value is -2.53. The first kappa shape index (κ1) is 17.8. The van der Waals surface area contributed by atoms with Gasteiger partial charge in [-0.1, -0.05) is 15.9 Å². The van der Waals surface area contributed by atoms with Gasteiger partial charge in [-0.15, -0.1) is 0 Å². The first-order valence-corrected chi connectivity index (χ1v) is 7.41. The van der Waals surface area contributed by atoms with E-state index in [1.807, 2.05) is 6.07 Å². The van der Waals surface area contributed by atoms with Gasteiger partial charge in [-0.2, -0.15) is 14.0 Å². The van der Waals surface area contributed by atoms with Gasteiger partial charge < -0.3 is 10.1 Å². The number of hydrogen-bond donors (Lipinski definition) is 1. The molecule has 0 heterocycles. The summed E-state index contributed by atoms with van der Waals surface area (Å²) >= 11 is 3.30. The zero-order chi connectivity index (χ0) is 17.7. The molecular weight excluding hydrogens is 389 g/mol. The summed E-state index contributed by atoms with van der Waals surface area (Å²) in [6, 6.07) is 9.83. The zero-order valence-electron chi connectivity index (χ0n) is 12.0. The van der Waals surface area contributed by atoms with Crippen LogP contribution in [0.2, 0.25) is 0 Å². The molecule has 124 valence electrons. The molecule has 0 bridgehead atoms. The van der Waals surface area contributed by atoms with Crippen LogP contribution >= 0.6 is 15.9 Å². The van der Waals surface area contributed by atoms with Gasteiger partial charge in [-0.3, -0.25) is 4.79 Å². The Morgan fingerprint density at radius 3 is 2.67 bits per heavy atom. The average Bonchev–Trinajstić information content (AvgIpc) is 2.55. The molecule has 2 rings (SSSR count). The van der Waals surface area contributed by atoms with Crippen molar-refractivity contribution in [1.29, 1.82) is 5.26 Å². The highest BCUT2D eigenvalue weighted by Crippen LogP contribution is 2.21. The molecule has 0 unspecified atom stereocenters. The average molecular weight is 399 g/mol. The van der Waals surface area contributed by atoms with Gasteiger partial charge in [0.1, 0.15) is 0 Å². The Morgan fingerprint density at radius 1 is 1.29 bits per heavy atom. The monoisotopic (exact) mass is 398 g/mol. The Labute approximate surface area is 144 Å². The van der Waals surface area contributed by atoms with Gasteiger partial charge in [0.25, 0.3) is 5.91 Å². The molecule has 2 aromatic rings. The first-order chi connectivity index (χ1) is 11.4. The fourth-order valence-corrected chi connectivity index (χ4v) is 2.28. The number of hydrogen-bond acceptors (Lipinski definition) is 3. The third kappa shape index (κ3) is 4.49. The fraction of sp³-hybridized carbons (Fsp3) is 0.125. The van der Waals surface area contributed by atoms with Gasteiger partial charge in [0, 0.05) is 16.6 Å². The Kier molecular flexibility index (Phi) is 5.82. The number of nitriles is 1. The summed E-state index contributed by atoms with van der Waals surface area (Å²) in [7, 11) is 0. The van der Waals surface area contributed by atoms with Crippen LogP contribution in [0.1, 0.15) is 21.5 Å². The van der Waals surface area contributed by atoms with Crippen LogP contribution in [0.15, 0.2) is 40.9 Å². The van der Waals surface area contributed by atoms with Crippen LogP contribution in [-0.4, -0.2) is 12.5 Å². The van der Waals surface area contributed by atoms with Crippen molar-refractivity contribution in [3.05, 3.63) is 63.4 Å². The predicted molar refractivity (Wildman–Crippen MR) is 83.1 cm³/mol. The van der Waals surface area contributed by atoms with Crippen LogP contribution in [0.4, 0.5) is 13.2 Å². The van der Waals surface area contributed by atoms with Crippen molar-refractivity contribution in [3.8, 4) is 11.8 Å². The molecule has 0 aliphatic rings. The number of carbonyl (C=O) groups is 1. The molecule has 2 aromatic carbocycles. The molecule has 4 nitrogen and oxygen atoms in total. The molecule has 1 amide bonds. The Morgan fingerprint density at radius 2 is 2.04 bits per heavy atom. The summed E-state index contributed by atoms with van der Waals surface area (Å²) in [6.45, 7) is -3.05. The van der Waals surface area contributed by atoms with Gasteiger partial charge in [0.05, 0.1) is 11.6 Å². The molecule has 1 N–H and O–H groups in total. The minimum absolute atomic E-state index is 0.0401. The lowest BCUT2D eigenvalue weighted by Crippen LogP contribution is -2.23. The maximum absolute atomic E-state index is 13.6. The summed E-state index contributed by atoms with van der Waals surface area (Å²) in [5, 5.41) is 11.4. The van der Waals surface area contributed by atoms with E-state index in [1.54, 1.807) is 18.2 Å². The maximum Gasteiger partial charge on any atom is 0.387 e. The van der Waals surface area contributed by atoms with Gasteiger partial charge >= 0.3 is 6.61 Å². The number of rotatable bonds is 5. The summed E-state index contributed by atoms with van der Waals surface area (Å²) in [4.78, 5) is 12.0. The van der Waals surface area contributed by atoms with E-state index in [-0.39, 0.29) is 12.1 Å². The molecule has 0 spiro atoms. The van der Waals surface area contributed by atoms with E-state index in [4.69, 9.17) is 5.26 Å². The number of carbonyl (C=O) groups excluding carboxylic acids is 1. The molecule has 0 atom stereocenters. The van der Waals surface area contributed by atoms with Gasteiger partial charge in [0.15, 0.2) is 11.6 Å². The van der Waals surface area contributed by atoms with Crippen LogP contribution in [-0.2, 0) is 6.54 Å². The van der Waals surface area contributed by atoms with E-state index >= 15 is 0 Å². The largest absolute Gasteiger partial charge is 0.432 e. The van der Waals surface area contributed by atoms with Gasteiger partial charge in [-0.05, 0) is 42.0 Å². The summed E-state index contributed by atoms with van der Waals surface area (Å²) in [6.07, 6.45) is 0. The molecule has 0 aliphatic carbocycles. The van der Waals surface area contributed by atoms with Crippen LogP contribution in [0.3, 0.4) is 0 Å². The fourth-order valence-electron chi connectivity index (χ4n) is 1.89. The van der Waals surface area contributed by atoms with Crippen molar-refractivity contribution in [2.75, 3.05) is 0 Å². The summed E-state index contributed by atoms with van der Waals surface area (Å²) in [5.41, 5.74) is 1.06. The second kappa shape index (κ2) is 7.84. The lowest BCUT2D eigenvalue weighted by Gasteiger charge is -2.09. The quantitative estimate of drug-likeness (QED) is 0.827. The van der Waals surface area contributed by atoms with Crippen LogP contribution in [0, 0.1) is 17.1 Å². The van der Waals surface area contributed by atoms with Crippen molar-refractivity contribution in [2.45, 2.75) is 13.2 Å². The summed E-state index contributed by atoms with van der Waals surface area (Å²) in [5.74, 6) is -2.28. The van der Waals surface area contributed by atoms with Crippen molar-refractivity contribution >= 4 is 21.8 Å². The van der Waals surface area contributed by atoms with E-state index in [0.29, 0.717) is 15.6 Å². The Bertz CT molecular complexity index is 806. The second-order valence-electron chi connectivity index (χ2n) is 4.62. The SMILES string of the molecule is N#Cc1ccc(Br)c(CNC(=O)c2ccc(OC(F)F)c(F)c2)c1. The van der Waals surface area contributed by atoms with E-state index in [2.05, 4.69) is 26.0 Å². The van der Waals surface area contributed by atoms with E-state index in [9.17, 15) is 18.0 Å². The number of amides is 1. The number of halogens is 4. The molecule has 0 aromatic heterocycles. The first-order valence-electron chi connectivity index (χ1n) is 6.62. The van der Waals surface area contributed by atoms with Crippen molar-refractivity contribution in [2.24, 2.45) is 0 Å². The molecule has 0 saturated carbocycles.